The molecule has 0 saturated carbocycles. The molecule has 5 heteroatoms. The van der Waals surface area contributed by atoms with Gasteiger partial charge in [0.1, 0.15) is 6.10 Å². The van der Waals surface area contributed by atoms with Crippen molar-refractivity contribution in [3.63, 3.8) is 0 Å². The predicted molar refractivity (Wildman–Crippen MR) is 75.4 cm³/mol. The van der Waals surface area contributed by atoms with E-state index in [2.05, 4.69) is 0 Å². The molecule has 2 bridgehead atoms. The highest BCUT2D eigenvalue weighted by molar-refractivity contribution is 5.99. The number of hydrogen-bond donors (Lipinski definition) is 1. The van der Waals surface area contributed by atoms with Crippen molar-refractivity contribution < 1.29 is 24.1 Å². The topological polar surface area (TPSA) is 65.0 Å². The van der Waals surface area contributed by atoms with Crippen molar-refractivity contribution >= 4 is 5.78 Å². The van der Waals surface area contributed by atoms with Gasteiger partial charge in [0.15, 0.2) is 12.1 Å². The van der Waals surface area contributed by atoms with E-state index < -0.39 is 12.1 Å². The van der Waals surface area contributed by atoms with Gasteiger partial charge < -0.3 is 19.3 Å². The third-order valence-corrected chi connectivity index (χ3v) is 4.66. The lowest BCUT2D eigenvalue weighted by Crippen LogP contribution is -2.38. The van der Waals surface area contributed by atoms with Gasteiger partial charge in [0, 0.05) is 13.5 Å². The molecule has 0 aromatic heterocycles. The number of fused-ring (bicyclic) bond motifs is 1. The van der Waals surface area contributed by atoms with E-state index in [1.807, 2.05) is 19.9 Å². The maximum absolute atomic E-state index is 12.7. The molecular weight excluding hydrogens is 272 g/mol. The normalized spacial score (nSPS) is 43.3. The Bertz CT molecular complexity index is 535. The first-order valence-corrected chi connectivity index (χ1v) is 7.38. The molecule has 0 unspecified atom stereocenters. The van der Waals surface area contributed by atoms with Crippen LogP contribution in [-0.4, -0.2) is 42.3 Å². The van der Waals surface area contributed by atoms with Gasteiger partial charge in [-0.05, 0) is 43.4 Å². The molecule has 116 valence electrons. The van der Waals surface area contributed by atoms with Crippen LogP contribution in [0.4, 0.5) is 0 Å². The second kappa shape index (κ2) is 5.02. The number of carbonyl (C=O) groups excluding carboxylic acids is 1. The molecule has 5 atom stereocenters. The van der Waals surface area contributed by atoms with Gasteiger partial charge in [-0.15, -0.1) is 0 Å². The molecule has 1 spiro atoms. The predicted octanol–water partition coefficient (Wildman–Crippen LogP) is 1.71. The molecule has 3 aliphatic heterocycles. The van der Waals surface area contributed by atoms with E-state index in [1.54, 1.807) is 14.0 Å². The Labute approximate surface area is 124 Å². The van der Waals surface area contributed by atoms with Crippen LogP contribution in [0.2, 0.25) is 0 Å². The van der Waals surface area contributed by atoms with Crippen LogP contribution in [0.3, 0.4) is 0 Å². The Kier molecular flexibility index (Phi) is 3.56. The van der Waals surface area contributed by atoms with Crippen LogP contribution in [0.25, 0.3) is 0 Å². The van der Waals surface area contributed by atoms with Crippen LogP contribution in [0.5, 0.6) is 0 Å². The van der Waals surface area contributed by atoms with Crippen LogP contribution < -0.4 is 0 Å². The molecule has 21 heavy (non-hydrogen) atoms. The number of ketones is 1. The SMILES string of the molecule is CO[C@H]1C[C@H](C)CC(=O)C2=C(C)[C@@H](O)O[C@@]23C=C(C)[C@H]1O3. The lowest BCUT2D eigenvalue weighted by molar-refractivity contribution is -0.239. The molecule has 0 aliphatic carbocycles. The lowest BCUT2D eigenvalue weighted by atomic mass is 9.87. The highest BCUT2D eigenvalue weighted by Crippen LogP contribution is 2.47. The third-order valence-electron chi connectivity index (χ3n) is 4.66. The summed E-state index contributed by atoms with van der Waals surface area (Å²) < 4.78 is 17.3. The zero-order chi connectivity index (χ0) is 15.4. The van der Waals surface area contributed by atoms with Gasteiger partial charge in [-0.25, -0.2) is 0 Å². The molecule has 0 aromatic carbocycles. The second-order valence-electron chi connectivity index (χ2n) is 6.36. The van der Waals surface area contributed by atoms with Crippen LogP contribution in [0.1, 0.15) is 33.6 Å². The summed E-state index contributed by atoms with van der Waals surface area (Å²) in [6.07, 6.45) is 1.51. The molecule has 1 fully saturated rings. The molecule has 1 saturated heterocycles. The number of aliphatic hydroxyl groups excluding tert-OH is 1. The Morgan fingerprint density at radius 3 is 2.76 bits per heavy atom. The summed E-state index contributed by atoms with van der Waals surface area (Å²) in [6, 6.07) is 0. The minimum atomic E-state index is -1.24. The molecule has 3 rings (SSSR count). The van der Waals surface area contributed by atoms with Crippen LogP contribution in [0.15, 0.2) is 22.8 Å². The van der Waals surface area contributed by atoms with E-state index >= 15 is 0 Å². The zero-order valence-electron chi connectivity index (χ0n) is 12.9. The fourth-order valence-electron chi connectivity index (χ4n) is 3.63. The van der Waals surface area contributed by atoms with Crippen LogP contribution >= 0.6 is 0 Å². The Morgan fingerprint density at radius 2 is 2.10 bits per heavy atom. The summed E-state index contributed by atoms with van der Waals surface area (Å²) >= 11 is 0. The molecule has 0 radical (unpaired) electrons. The number of ether oxygens (including phenoxy) is 3. The number of methoxy groups -OCH3 is 1. The highest BCUT2D eigenvalue weighted by Gasteiger charge is 2.54. The molecule has 0 amide bonds. The monoisotopic (exact) mass is 294 g/mol. The molecule has 5 nitrogen and oxygen atoms in total. The summed E-state index contributed by atoms with van der Waals surface area (Å²) in [5, 5.41) is 10.0. The van der Waals surface area contributed by atoms with Crippen LogP contribution in [0, 0.1) is 5.92 Å². The van der Waals surface area contributed by atoms with Gasteiger partial charge in [-0.3, -0.25) is 4.79 Å². The third kappa shape index (κ3) is 2.19. The molecule has 0 aromatic rings. The van der Waals surface area contributed by atoms with Crippen molar-refractivity contribution in [3.8, 4) is 0 Å². The average Bonchev–Trinajstić information content (AvgIpc) is 2.84. The fourth-order valence-corrected chi connectivity index (χ4v) is 3.63. The summed E-state index contributed by atoms with van der Waals surface area (Å²) in [5.74, 6) is -1.07. The Balaban J connectivity index is 2.11. The average molecular weight is 294 g/mol. The van der Waals surface area contributed by atoms with Gasteiger partial charge in [-0.2, -0.15) is 0 Å². The smallest absolute Gasteiger partial charge is 0.222 e. The standard InChI is InChI=1S/C16H22O5/c1-8-5-11(17)13-10(3)15(18)21-16(13)7-9(2)14(20-16)12(6-8)19-4/h7-8,12,14-15,18H,5-6H2,1-4H3/t8-,12+,14-,15+,16+/m1/s1. The van der Waals surface area contributed by atoms with Gasteiger partial charge in [0.25, 0.3) is 0 Å². The molecule has 3 heterocycles. The van der Waals surface area contributed by atoms with E-state index in [4.69, 9.17) is 14.2 Å². The van der Waals surface area contributed by atoms with Crippen molar-refractivity contribution in [1.82, 2.24) is 0 Å². The quantitative estimate of drug-likeness (QED) is 0.746. The summed E-state index contributed by atoms with van der Waals surface area (Å²) in [4.78, 5) is 12.7. The van der Waals surface area contributed by atoms with Crippen molar-refractivity contribution in [2.75, 3.05) is 7.11 Å². The zero-order valence-corrected chi connectivity index (χ0v) is 12.9. The van der Waals surface area contributed by atoms with Crippen molar-refractivity contribution in [1.29, 1.82) is 0 Å². The number of hydrogen-bond acceptors (Lipinski definition) is 5. The maximum atomic E-state index is 12.7. The molecular formula is C16H22O5. The summed E-state index contributed by atoms with van der Waals surface area (Å²) in [5.41, 5.74) is 1.98. The van der Waals surface area contributed by atoms with Crippen molar-refractivity contribution in [3.05, 3.63) is 22.8 Å². The van der Waals surface area contributed by atoms with Crippen molar-refractivity contribution in [2.24, 2.45) is 5.92 Å². The van der Waals surface area contributed by atoms with Crippen LogP contribution in [-0.2, 0) is 19.0 Å². The Morgan fingerprint density at radius 1 is 1.38 bits per heavy atom. The van der Waals surface area contributed by atoms with E-state index in [1.165, 1.54) is 0 Å². The van der Waals surface area contributed by atoms with Gasteiger partial charge in [0.05, 0.1) is 11.7 Å². The maximum Gasteiger partial charge on any atom is 0.222 e. The largest absolute Gasteiger partial charge is 0.378 e. The second-order valence-corrected chi connectivity index (χ2v) is 6.36. The summed E-state index contributed by atoms with van der Waals surface area (Å²) in [6.45, 7) is 5.71. The minimum absolute atomic E-state index is 0.0157. The first-order valence-electron chi connectivity index (χ1n) is 7.38. The molecule has 1 N–H and O–H groups in total. The molecule has 3 aliphatic rings. The highest BCUT2D eigenvalue weighted by atomic mass is 16.8. The van der Waals surface area contributed by atoms with Gasteiger partial charge in [-0.1, -0.05) is 6.92 Å². The van der Waals surface area contributed by atoms with Gasteiger partial charge >= 0.3 is 0 Å². The van der Waals surface area contributed by atoms with E-state index in [0.717, 1.165) is 12.0 Å². The van der Waals surface area contributed by atoms with E-state index in [0.29, 0.717) is 17.6 Å². The lowest BCUT2D eigenvalue weighted by Gasteiger charge is -2.28. The fraction of sp³-hybridized carbons (Fsp3) is 0.688. The summed E-state index contributed by atoms with van der Waals surface area (Å²) in [7, 11) is 1.66. The number of aliphatic hydroxyl groups is 1. The first kappa shape index (κ1) is 14.9. The number of carbonyl (C=O) groups is 1. The minimum Gasteiger partial charge on any atom is -0.378 e. The van der Waals surface area contributed by atoms with Crippen molar-refractivity contribution in [2.45, 2.75) is 57.9 Å². The number of rotatable bonds is 1. The van der Waals surface area contributed by atoms with Gasteiger partial charge in [0.2, 0.25) is 5.79 Å². The van der Waals surface area contributed by atoms with E-state index in [9.17, 15) is 9.90 Å². The first-order chi connectivity index (χ1) is 9.88. The number of Topliss-reactive ketones (excluding diaryl/α,β-unsaturated/α-hetero) is 1. The Hall–Kier alpha value is -1.01. The van der Waals surface area contributed by atoms with E-state index in [-0.39, 0.29) is 23.9 Å².